The van der Waals surface area contributed by atoms with Crippen LogP contribution in [0.4, 0.5) is 0 Å². The standard InChI is InChI=1S/C16H23N7O/c1-3-17-16(19-10-14-21-12-22-23(14)2)20-11-15(24)18-9-13-7-5-4-6-8-13/h4-8,12H,3,9-11H2,1-2H3,(H,18,24)(H2,17,19,20). The molecule has 0 saturated carbocycles. The number of carbonyl (C=O) groups excluding carboxylic acids is 1. The van der Waals surface area contributed by atoms with Gasteiger partial charge in [-0.15, -0.1) is 0 Å². The molecule has 2 aromatic rings. The fourth-order valence-electron chi connectivity index (χ4n) is 1.98. The summed E-state index contributed by atoms with van der Waals surface area (Å²) < 4.78 is 1.67. The van der Waals surface area contributed by atoms with Crippen LogP contribution in [0.15, 0.2) is 41.7 Å². The van der Waals surface area contributed by atoms with E-state index in [9.17, 15) is 4.79 Å². The Morgan fingerprint density at radius 3 is 2.67 bits per heavy atom. The van der Waals surface area contributed by atoms with Gasteiger partial charge in [0.15, 0.2) is 5.96 Å². The molecule has 1 aromatic heterocycles. The van der Waals surface area contributed by atoms with E-state index in [1.54, 1.807) is 4.68 Å². The lowest BCUT2D eigenvalue weighted by Gasteiger charge is -2.11. The van der Waals surface area contributed by atoms with E-state index >= 15 is 0 Å². The Labute approximate surface area is 141 Å². The molecule has 24 heavy (non-hydrogen) atoms. The van der Waals surface area contributed by atoms with Crippen molar-refractivity contribution in [1.29, 1.82) is 0 Å². The van der Waals surface area contributed by atoms with Gasteiger partial charge in [0.25, 0.3) is 0 Å². The van der Waals surface area contributed by atoms with Gasteiger partial charge in [0.05, 0.1) is 6.54 Å². The molecule has 0 saturated heterocycles. The quantitative estimate of drug-likeness (QED) is 0.498. The number of guanidine groups is 1. The predicted octanol–water partition coefficient (Wildman–Crippen LogP) is 0.187. The van der Waals surface area contributed by atoms with Crippen LogP contribution in [0.25, 0.3) is 0 Å². The maximum Gasteiger partial charge on any atom is 0.239 e. The molecule has 0 atom stereocenters. The number of carbonyl (C=O) groups is 1. The van der Waals surface area contributed by atoms with Gasteiger partial charge in [-0.25, -0.2) is 9.98 Å². The molecule has 128 valence electrons. The maximum atomic E-state index is 11.9. The van der Waals surface area contributed by atoms with Crippen molar-refractivity contribution in [2.24, 2.45) is 12.0 Å². The second-order valence-corrected chi connectivity index (χ2v) is 5.11. The number of benzene rings is 1. The zero-order valence-corrected chi connectivity index (χ0v) is 14.0. The van der Waals surface area contributed by atoms with Gasteiger partial charge in [0.2, 0.25) is 5.91 Å². The first-order valence-corrected chi connectivity index (χ1v) is 7.84. The summed E-state index contributed by atoms with van der Waals surface area (Å²) in [5.41, 5.74) is 1.06. The normalized spacial score (nSPS) is 11.2. The lowest BCUT2D eigenvalue weighted by molar-refractivity contribution is -0.120. The third-order valence-electron chi connectivity index (χ3n) is 3.28. The number of aromatic nitrogens is 3. The van der Waals surface area contributed by atoms with Crippen molar-refractivity contribution >= 4 is 11.9 Å². The summed E-state index contributed by atoms with van der Waals surface area (Å²) in [6.45, 7) is 3.72. The molecule has 2 rings (SSSR count). The molecule has 0 aliphatic rings. The Hall–Kier alpha value is -2.90. The SMILES string of the molecule is CCNC(=NCc1ncnn1C)NCC(=O)NCc1ccccc1. The lowest BCUT2D eigenvalue weighted by Crippen LogP contribution is -2.43. The van der Waals surface area contributed by atoms with Crippen LogP contribution in [0.2, 0.25) is 0 Å². The Kier molecular flexibility index (Phi) is 6.75. The zero-order valence-electron chi connectivity index (χ0n) is 14.0. The second-order valence-electron chi connectivity index (χ2n) is 5.11. The van der Waals surface area contributed by atoms with Crippen LogP contribution in [0, 0.1) is 0 Å². The molecule has 0 spiro atoms. The largest absolute Gasteiger partial charge is 0.357 e. The minimum absolute atomic E-state index is 0.0943. The van der Waals surface area contributed by atoms with E-state index < -0.39 is 0 Å². The van der Waals surface area contributed by atoms with Crippen molar-refractivity contribution in [3.8, 4) is 0 Å². The predicted molar refractivity (Wildman–Crippen MR) is 92.1 cm³/mol. The minimum atomic E-state index is -0.0943. The zero-order chi connectivity index (χ0) is 17.2. The van der Waals surface area contributed by atoms with Crippen LogP contribution in [0.1, 0.15) is 18.3 Å². The molecule has 0 aliphatic heterocycles. The average Bonchev–Trinajstić information content (AvgIpc) is 3.01. The van der Waals surface area contributed by atoms with E-state index in [-0.39, 0.29) is 12.5 Å². The van der Waals surface area contributed by atoms with Crippen molar-refractivity contribution < 1.29 is 4.79 Å². The van der Waals surface area contributed by atoms with Crippen LogP contribution in [0.5, 0.6) is 0 Å². The minimum Gasteiger partial charge on any atom is -0.357 e. The molecule has 0 fully saturated rings. The van der Waals surface area contributed by atoms with Gasteiger partial charge in [0.1, 0.15) is 18.7 Å². The van der Waals surface area contributed by atoms with Crippen molar-refractivity contribution in [3.05, 3.63) is 48.0 Å². The molecular weight excluding hydrogens is 306 g/mol. The monoisotopic (exact) mass is 329 g/mol. The topological polar surface area (TPSA) is 96.2 Å². The highest BCUT2D eigenvalue weighted by atomic mass is 16.1. The van der Waals surface area contributed by atoms with Gasteiger partial charge in [-0.3, -0.25) is 9.48 Å². The summed E-state index contributed by atoms with van der Waals surface area (Å²) in [5.74, 6) is 1.22. The summed E-state index contributed by atoms with van der Waals surface area (Å²) >= 11 is 0. The van der Waals surface area contributed by atoms with Gasteiger partial charge in [-0.05, 0) is 12.5 Å². The average molecular weight is 329 g/mol. The van der Waals surface area contributed by atoms with E-state index in [1.165, 1.54) is 6.33 Å². The number of aliphatic imine (C=N–C) groups is 1. The van der Waals surface area contributed by atoms with E-state index in [1.807, 2.05) is 44.3 Å². The van der Waals surface area contributed by atoms with Gasteiger partial charge in [-0.2, -0.15) is 5.10 Å². The van der Waals surface area contributed by atoms with Gasteiger partial charge >= 0.3 is 0 Å². The fourth-order valence-corrected chi connectivity index (χ4v) is 1.98. The third kappa shape index (κ3) is 5.71. The van der Waals surface area contributed by atoms with Crippen molar-refractivity contribution in [2.75, 3.05) is 13.1 Å². The molecule has 0 radical (unpaired) electrons. The number of aryl methyl sites for hydroxylation is 1. The Bertz CT molecular complexity index is 666. The molecular formula is C16H23N7O. The van der Waals surface area contributed by atoms with E-state index in [2.05, 4.69) is 31.0 Å². The number of hydrogen-bond donors (Lipinski definition) is 3. The molecule has 1 amide bonds. The molecule has 1 heterocycles. The van der Waals surface area contributed by atoms with Gasteiger partial charge in [0, 0.05) is 20.1 Å². The molecule has 8 heteroatoms. The summed E-state index contributed by atoms with van der Waals surface area (Å²) in [5, 5.41) is 13.0. The van der Waals surface area contributed by atoms with Crippen LogP contribution >= 0.6 is 0 Å². The Morgan fingerprint density at radius 1 is 1.21 bits per heavy atom. The molecule has 0 aliphatic carbocycles. The van der Waals surface area contributed by atoms with Crippen molar-refractivity contribution in [1.82, 2.24) is 30.7 Å². The van der Waals surface area contributed by atoms with E-state index in [0.717, 1.165) is 11.4 Å². The van der Waals surface area contributed by atoms with Crippen LogP contribution in [-0.2, 0) is 24.9 Å². The van der Waals surface area contributed by atoms with Crippen LogP contribution < -0.4 is 16.0 Å². The Balaban J connectivity index is 1.79. The molecule has 0 unspecified atom stereocenters. The number of rotatable bonds is 7. The van der Waals surface area contributed by atoms with Crippen molar-refractivity contribution in [3.63, 3.8) is 0 Å². The van der Waals surface area contributed by atoms with Gasteiger partial charge in [-0.1, -0.05) is 30.3 Å². The first-order valence-electron chi connectivity index (χ1n) is 7.84. The molecule has 0 bridgehead atoms. The smallest absolute Gasteiger partial charge is 0.239 e. The fraction of sp³-hybridized carbons (Fsp3) is 0.375. The highest BCUT2D eigenvalue weighted by Gasteiger charge is 2.05. The van der Waals surface area contributed by atoms with Gasteiger partial charge < -0.3 is 16.0 Å². The Morgan fingerprint density at radius 2 is 2.00 bits per heavy atom. The molecule has 1 aromatic carbocycles. The third-order valence-corrected chi connectivity index (χ3v) is 3.28. The van der Waals surface area contributed by atoms with E-state index in [0.29, 0.717) is 25.6 Å². The number of hydrogen-bond acceptors (Lipinski definition) is 4. The first-order chi connectivity index (χ1) is 11.7. The summed E-state index contributed by atoms with van der Waals surface area (Å²) in [6, 6.07) is 9.79. The summed E-state index contributed by atoms with van der Waals surface area (Å²) in [7, 11) is 1.81. The van der Waals surface area contributed by atoms with E-state index in [4.69, 9.17) is 0 Å². The highest BCUT2D eigenvalue weighted by Crippen LogP contribution is 1.96. The summed E-state index contributed by atoms with van der Waals surface area (Å²) in [4.78, 5) is 20.4. The van der Waals surface area contributed by atoms with Crippen LogP contribution in [0.3, 0.4) is 0 Å². The maximum absolute atomic E-state index is 11.9. The van der Waals surface area contributed by atoms with Crippen LogP contribution in [-0.4, -0.2) is 39.7 Å². The molecule has 3 N–H and O–H groups in total. The highest BCUT2D eigenvalue weighted by molar-refractivity contribution is 5.86. The summed E-state index contributed by atoms with van der Waals surface area (Å²) in [6.07, 6.45) is 1.49. The number of nitrogens with one attached hydrogen (secondary N) is 3. The molecule has 8 nitrogen and oxygen atoms in total. The second kappa shape index (κ2) is 9.29. The number of amides is 1. The number of nitrogens with zero attached hydrogens (tertiary/aromatic N) is 4. The van der Waals surface area contributed by atoms with Crippen molar-refractivity contribution in [2.45, 2.75) is 20.0 Å². The first kappa shape index (κ1) is 17.5. The lowest BCUT2D eigenvalue weighted by atomic mass is 10.2.